The molecule has 1 N–H and O–H groups in total. The van der Waals surface area contributed by atoms with Gasteiger partial charge in [0.15, 0.2) is 11.5 Å². The number of carbonyl (C=O) groups is 2. The van der Waals surface area contributed by atoms with E-state index in [2.05, 4.69) is 0 Å². The zero-order chi connectivity index (χ0) is 24.5. The maximum absolute atomic E-state index is 13.4. The Morgan fingerprint density at radius 1 is 1.00 bits per heavy atom. The second-order valence-electron chi connectivity index (χ2n) is 8.31. The molecule has 1 fully saturated rings. The zero-order valence-electron chi connectivity index (χ0n) is 19.5. The first-order valence-corrected chi connectivity index (χ1v) is 11.5. The van der Waals surface area contributed by atoms with Crippen molar-refractivity contribution in [3.63, 3.8) is 0 Å². The average molecular weight is 472 g/mol. The number of ether oxygens (including phenoxy) is 3. The molecule has 1 saturated heterocycles. The Morgan fingerprint density at radius 3 is 2.54 bits per heavy atom. The van der Waals surface area contributed by atoms with E-state index >= 15 is 0 Å². The van der Waals surface area contributed by atoms with Gasteiger partial charge in [-0.1, -0.05) is 30.3 Å². The minimum Gasteiger partial charge on any atom is -0.507 e. The summed E-state index contributed by atoms with van der Waals surface area (Å²) in [5, 5.41) is 11.4. The number of Topliss-reactive ketones (excluding diaryl/α,β-unsaturated/α-hetero) is 1. The molecule has 1 unspecified atom stereocenters. The van der Waals surface area contributed by atoms with Crippen LogP contribution in [-0.2, 0) is 9.59 Å². The van der Waals surface area contributed by atoms with Crippen molar-refractivity contribution in [3.8, 4) is 17.2 Å². The second-order valence-corrected chi connectivity index (χ2v) is 8.31. The van der Waals surface area contributed by atoms with E-state index in [1.165, 1.54) is 4.90 Å². The van der Waals surface area contributed by atoms with E-state index in [0.717, 1.165) is 11.1 Å². The molecule has 0 aromatic heterocycles. The van der Waals surface area contributed by atoms with Crippen LogP contribution < -0.4 is 19.1 Å². The van der Waals surface area contributed by atoms with Crippen molar-refractivity contribution in [3.05, 3.63) is 89.0 Å². The van der Waals surface area contributed by atoms with Crippen LogP contribution in [0.2, 0.25) is 0 Å². The van der Waals surface area contributed by atoms with Gasteiger partial charge in [-0.3, -0.25) is 14.5 Å². The molecule has 2 aliphatic heterocycles. The number of aliphatic hydroxyl groups is 1. The molecular formula is C28H25NO6. The number of ketones is 1. The molecule has 2 aliphatic rings. The summed E-state index contributed by atoms with van der Waals surface area (Å²) < 4.78 is 16.8. The number of anilines is 1. The predicted molar refractivity (Wildman–Crippen MR) is 131 cm³/mol. The highest BCUT2D eigenvalue weighted by molar-refractivity contribution is 6.51. The van der Waals surface area contributed by atoms with E-state index in [1.54, 1.807) is 42.5 Å². The minimum atomic E-state index is -0.818. The minimum absolute atomic E-state index is 0.0165. The van der Waals surface area contributed by atoms with E-state index in [1.807, 2.05) is 38.1 Å². The fraction of sp³-hybridized carbons (Fsp3) is 0.214. The van der Waals surface area contributed by atoms with E-state index in [0.29, 0.717) is 48.3 Å². The highest BCUT2D eigenvalue weighted by Crippen LogP contribution is 2.44. The Bertz CT molecular complexity index is 1340. The van der Waals surface area contributed by atoms with E-state index in [-0.39, 0.29) is 11.3 Å². The number of amides is 1. The summed E-state index contributed by atoms with van der Waals surface area (Å²) in [5.74, 6) is -0.111. The van der Waals surface area contributed by atoms with Crippen LogP contribution >= 0.6 is 0 Å². The molecule has 0 bridgehead atoms. The normalized spacial score (nSPS) is 18.6. The lowest BCUT2D eigenvalue weighted by atomic mass is 9.92. The summed E-state index contributed by atoms with van der Waals surface area (Å²) >= 11 is 0. The average Bonchev–Trinajstić information content (AvgIpc) is 3.14. The van der Waals surface area contributed by atoms with Gasteiger partial charge >= 0.3 is 0 Å². The molecule has 7 heteroatoms. The number of hydrogen-bond acceptors (Lipinski definition) is 6. The Morgan fingerprint density at radius 2 is 1.77 bits per heavy atom. The van der Waals surface area contributed by atoms with Crippen LogP contribution in [0.3, 0.4) is 0 Å². The smallest absolute Gasteiger partial charge is 0.300 e. The van der Waals surface area contributed by atoms with Crippen molar-refractivity contribution in [1.29, 1.82) is 0 Å². The lowest BCUT2D eigenvalue weighted by Crippen LogP contribution is -2.29. The van der Waals surface area contributed by atoms with E-state index in [9.17, 15) is 14.7 Å². The first-order valence-electron chi connectivity index (χ1n) is 11.5. The van der Waals surface area contributed by atoms with Gasteiger partial charge in [-0.25, -0.2) is 0 Å². The van der Waals surface area contributed by atoms with Crippen LogP contribution in [0.1, 0.15) is 29.7 Å². The van der Waals surface area contributed by atoms with Crippen LogP contribution in [-0.4, -0.2) is 36.6 Å². The van der Waals surface area contributed by atoms with Gasteiger partial charge in [0.2, 0.25) is 0 Å². The predicted octanol–water partition coefficient (Wildman–Crippen LogP) is 4.79. The number of hydrogen-bond donors (Lipinski definition) is 1. The highest BCUT2D eigenvalue weighted by atomic mass is 16.6. The van der Waals surface area contributed by atoms with Crippen molar-refractivity contribution in [2.45, 2.75) is 19.9 Å². The van der Waals surface area contributed by atoms with Crippen molar-refractivity contribution in [2.75, 3.05) is 24.7 Å². The third-order valence-electron chi connectivity index (χ3n) is 6.15. The summed E-state index contributed by atoms with van der Waals surface area (Å²) in [4.78, 5) is 28.2. The molecule has 3 aromatic carbocycles. The van der Waals surface area contributed by atoms with Crippen LogP contribution in [0, 0.1) is 6.92 Å². The Balaban J connectivity index is 1.69. The van der Waals surface area contributed by atoms with Crippen LogP contribution in [0.15, 0.2) is 72.3 Å². The Hall–Kier alpha value is -4.26. The van der Waals surface area contributed by atoms with Gasteiger partial charge in [0.05, 0.1) is 18.2 Å². The van der Waals surface area contributed by atoms with Crippen molar-refractivity contribution < 1.29 is 28.9 Å². The van der Waals surface area contributed by atoms with Crippen LogP contribution in [0.25, 0.3) is 5.76 Å². The third-order valence-corrected chi connectivity index (χ3v) is 6.15. The first-order chi connectivity index (χ1) is 17.0. The summed E-state index contributed by atoms with van der Waals surface area (Å²) in [7, 11) is 0. The van der Waals surface area contributed by atoms with Gasteiger partial charge in [-0.05, 0) is 55.3 Å². The number of nitrogens with zero attached hydrogens (tertiary/aromatic N) is 1. The number of aliphatic hydroxyl groups excluding tert-OH is 1. The van der Waals surface area contributed by atoms with E-state index in [4.69, 9.17) is 14.2 Å². The lowest BCUT2D eigenvalue weighted by molar-refractivity contribution is -0.132. The highest BCUT2D eigenvalue weighted by Gasteiger charge is 2.47. The van der Waals surface area contributed by atoms with Crippen LogP contribution in [0.5, 0.6) is 17.2 Å². The maximum Gasteiger partial charge on any atom is 0.300 e. The quantitative estimate of drug-likeness (QED) is 0.327. The molecule has 1 atom stereocenters. The van der Waals surface area contributed by atoms with Gasteiger partial charge in [0, 0.05) is 17.3 Å². The van der Waals surface area contributed by atoms with Gasteiger partial charge in [0.1, 0.15) is 24.7 Å². The molecule has 178 valence electrons. The van der Waals surface area contributed by atoms with Gasteiger partial charge in [-0.2, -0.15) is 0 Å². The third kappa shape index (κ3) is 3.99. The van der Waals surface area contributed by atoms with E-state index < -0.39 is 17.7 Å². The molecule has 0 saturated carbocycles. The fourth-order valence-corrected chi connectivity index (χ4v) is 4.52. The molecule has 0 radical (unpaired) electrons. The zero-order valence-corrected chi connectivity index (χ0v) is 19.5. The maximum atomic E-state index is 13.4. The standard InChI is InChI=1S/C28H25NO6/c1-3-33-20-9-6-8-19(16-20)29-25(21-10-5-4-7-17(21)2)24(27(31)28(29)32)26(30)18-11-12-22-23(15-18)35-14-13-34-22/h4-12,15-16,25,30H,3,13-14H2,1-2H3/b26-24+. The number of rotatable bonds is 5. The number of carbonyl (C=O) groups excluding carboxylic acids is 2. The molecule has 2 heterocycles. The molecule has 0 spiro atoms. The topological polar surface area (TPSA) is 85.3 Å². The van der Waals surface area contributed by atoms with Gasteiger partial charge < -0.3 is 19.3 Å². The lowest BCUT2D eigenvalue weighted by Gasteiger charge is -2.27. The monoisotopic (exact) mass is 471 g/mol. The molecule has 0 aliphatic carbocycles. The van der Waals surface area contributed by atoms with Crippen molar-refractivity contribution in [1.82, 2.24) is 0 Å². The largest absolute Gasteiger partial charge is 0.507 e. The molecule has 7 nitrogen and oxygen atoms in total. The molecule has 5 rings (SSSR count). The van der Waals surface area contributed by atoms with Crippen molar-refractivity contribution >= 4 is 23.1 Å². The summed E-state index contributed by atoms with van der Waals surface area (Å²) in [6, 6.07) is 18.7. The molecule has 3 aromatic rings. The fourth-order valence-electron chi connectivity index (χ4n) is 4.52. The number of benzene rings is 3. The SMILES string of the molecule is CCOc1cccc(N2C(=O)C(=O)/C(=C(/O)c3ccc4c(c3)OCCO4)C2c2ccccc2C)c1. The molecule has 1 amide bonds. The van der Waals surface area contributed by atoms with Gasteiger partial charge in [-0.15, -0.1) is 0 Å². The first kappa shape index (κ1) is 22.5. The Labute approximate surface area is 203 Å². The van der Waals surface area contributed by atoms with Gasteiger partial charge in [0.25, 0.3) is 11.7 Å². The summed E-state index contributed by atoms with van der Waals surface area (Å²) in [6.45, 7) is 5.09. The Kier molecular flexibility index (Phi) is 5.91. The summed E-state index contributed by atoms with van der Waals surface area (Å²) in [5.41, 5.74) is 2.52. The second kappa shape index (κ2) is 9.18. The van der Waals surface area contributed by atoms with Crippen molar-refractivity contribution in [2.24, 2.45) is 0 Å². The molecule has 35 heavy (non-hydrogen) atoms. The molecular weight excluding hydrogens is 446 g/mol. The summed E-state index contributed by atoms with van der Waals surface area (Å²) in [6.07, 6.45) is 0. The number of fused-ring (bicyclic) bond motifs is 1. The number of aryl methyl sites for hydroxylation is 1. The van der Waals surface area contributed by atoms with Crippen LogP contribution in [0.4, 0.5) is 5.69 Å².